The topological polar surface area (TPSA) is 58.6 Å². The van der Waals surface area contributed by atoms with Crippen molar-refractivity contribution in [3.05, 3.63) is 42.5 Å². The van der Waals surface area contributed by atoms with Gasteiger partial charge in [-0.05, 0) is 39.3 Å². The van der Waals surface area contributed by atoms with Crippen molar-refractivity contribution in [3.63, 3.8) is 0 Å². The second kappa shape index (κ2) is 5.90. The lowest BCUT2D eigenvalue weighted by molar-refractivity contribution is -0.174. The van der Waals surface area contributed by atoms with Gasteiger partial charge in [0.05, 0.1) is 0 Å². The van der Waals surface area contributed by atoms with E-state index in [2.05, 4.69) is 11.9 Å². The molecule has 1 fully saturated rings. The summed E-state index contributed by atoms with van der Waals surface area (Å²) in [6.07, 6.45) is 2.26. The number of ether oxygens (including phenoxy) is 1. The van der Waals surface area contributed by atoms with Crippen molar-refractivity contribution in [2.24, 2.45) is 5.92 Å². The minimum atomic E-state index is -0.761. The van der Waals surface area contributed by atoms with E-state index in [0.717, 1.165) is 11.3 Å². The molecule has 134 valence electrons. The summed E-state index contributed by atoms with van der Waals surface area (Å²) in [5, 5.41) is 2.98. The molecule has 0 aliphatic carbocycles. The van der Waals surface area contributed by atoms with Gasteiger partial charge in [-0.3, -0.25) is 9.59 Å². The highest BCUT2D eigenvalue weighted by molar-refractivity contribution is 6.02. The Kier molecular flexibility index (Phi) is 4.13. The van der Waals surface area contributed by atoms with Gasteiger partial charge in [-0.15, -0.1) is 6.58 Å². The van der Waals surface area contributed by atoms with Gasteiger partial charge in [-0.1, -0.05) is 24.3 Å². The number of nitrogens with zero attached hydrogens (tertiary/aromatic N) is 1. The molecule has 1 saturated heterocycles. The highest BCUT2D eigenvalue weighted by Gasteiger charge is 2.55. The number of fused-ring (bicyclic) bond motifs is 4. The smallest absolute Gasteiger partial charge is 0.239 e. The monoisotopic (exact) mass is 342 g/mol. The third kappa shape index (κ3) is 3.03. The Balaban J connectivity index is 2.07. The number of para-hydroxylation sites is 1. The fourth-order valence-electron chi connectivity index (χ4n) is 3.87. The van der Waals surface area contributed by atoms with Gasteiger partial charge in [0, 0.05) is 24.4 Å². The summed E-state index contributed by atoms with van der Waals surface area (Å²) in [5.41, 5.74) is -0.227. The molecule has 2 heterocycles. The number of hydrogen-bond acceptors (Lipinski definition) is 3. The van der Waals surface area contributed by atoms with Crippen LogP contribution >= 0.6 is 0 Å². The molecule has 0 spiro atoms. The molecule has 1 aromatic rings. The highest BCUT2D eigenvalue weighted by Crippen LogP contribution is 2.50. The lowest BCUT2D eigenvalue weighted by Crippen LogP contribution is -2.65. The van der Waals surface area contributed by atoms with Crippen LogP contribution < -0.4 is 10.1 Å². The Morgan fingerprint density at radius 1 is 1.44 bits per heavy atom. The quantitative estimate of drug-likeness (QED) is 0.679. The largest absolute Gasteiger partial charge is 0.468 e. The summed E-state index contributed by atoms with van der Waals surface area (Å²) < 4.78 is 6.18. The lowest BCUT2D eigenvalue weighted by atomic mass is 9.73. The fourth-order valence-corrected chi connectivity index (χ4v) is 3.87. The molecule has 1 N–H and O–H groups in total. The lowest BCUT2D eigenvalue weighted by Gasteiger charge is -2.52. The number of piperidine rings is 1. The Hall–Kier alpha value is -2.30. The van der Waals surface area contributed by atoms with E-state index in [1.807, 2.05) is 52.0 Å². The van der Waals surface area contributed by atoms with Gasteiger partial charge in [0.2, 0.25) is 11.8 Å². The normalized spacial score (nSPS) is 28.0. The molecule has 5 heteroatoms. The molecule has 0 saturated carbocycles. The number of benzene rings is 1. The SMILES string of the molecule is C=CCN1C(=O)C(C(=O)NC(C)(C)C)[C@H]2C[C@@]1(C)Oc1ccccc12. The van der Waals surface area contributed by atoms with E-state index in [1.165, 1.54) is 0 Å². The van der Waals surface area contributed by atoms with Gasteiger partial charge in [-0.2, -0.15) is 0 Å². The average molecular weight is 342 g/mol. The van der Waals surface area contributed by atoms with Crippen LogP contribution in [0, 0.1) is 5.92 Å². The first kappa shape index (κ1) is 17.5. The number of rotatable bonds is 3. The molecule has 1 aromatic carbocycles. The van der Waals surface area contributed by atoms with Crippen molar-refractivity contribution in [2.75, 3.05) is 6.54 Å². The molecule has 3 atom stereocenters. The van der Waals surface area contributed by atoms with Crippen molar-refractivity contribution in [2.45, 2.75) is 51.3 Å². The maximum atomic E-state index is 13.2. The van der Waals surface area contributed by atoms with E-state index in [0.29, 0.717) is 13.0 Å². The van der Waals surface area contributed by atoms with E-state index in [9.17, 15) is 9.59 Å². The van der Waals surface area contributed by atoms with E-state index < -0.39 is 17.2 Å². The van der Waals surface area contributed by atoms with Crippen LogP contribution in [0.3, 0.4) is 0 Å². The zero-order chi connectivity index (χ0) is 18.4. The molecule has 2 aliphatic rings. The Bertz CT molecular complexity index is 722. The van der Waals surface area contributed by atoms with E-state index >= 15 is 0 Å². The predicted octanol–water partition coefficient (Wildman–Crippen LogP) is 2.83. The summed E-state index contributed by atoms with van der Waals surface area (Å²) >= 11 is 0. The fraction of sp³-hybridized carbons (Fsp3) is 0.500. The molecular formula is C20H26N2O3. The first-order valence-corrected chi connectivity index (χ1v) is 8.68. The maximum Gasteiger partial charge on any atom is 0.239 e. The molecule has 2 aliphatic heterocycles. The molecule has 25 heavy (non-hydrogen) atoms. The minimum Gasteiger partial charge on any atom is -0.468 e. The zero-order valence-electron chi connectivity index (χ0n) is 15.3. The van der Waals surface area contributed by atoms with Crippen LogP contribution in [0.4, 0.5) is 0 Å². The average Bonchev–Trinajstić information content (AvgIpc) is 2.49. The number of hydrogen-bond donors (Lipinski definition) is 1. The van der Waals surface area contributed by atoms with Gasteiger partial charge in [-0.25, -0.2) is 0 Å². The zero-order valence-corrected chi connectivity index (χ0v) is 15.3. The molecule has 0 radical (unpaired) electrons. The van der Waals surface area contributed by atoms with Crippen LogP contribution in [0.2, 0.25) is 0 Å². The third-order valence-electron chi connectivity index (χ3n) is 4.84. The molecule has 5 nitrogen and oxygen atoms in total. The first-order chi connectivity index (χ1) is 11.7. The van der Waals surface area contributed by atoms with Crippen molar-refractivity contribution >= 4 is 11.8 Å². The summed E-state index contributed by atoms with van der Waals surface area (Å²) in [6.45, 7) is 11.8. The van der Waals surface area contributed by atoms with Gasteiger partial charge >= 0.3 is 0 Å². The molecule has 2 bridgehead atoms. The van der Waals surface area contributed by atoms with Crippen LogP contribution in [0.15, 0.2) is 36.9 Å². The van der Waals surface area contributed by atoms with Crippen LogP contribution in [0.1, 0.15) is 45.6 Å². The van der Waals surface area contributed by atoms with Crippen LogP contribution in [-0.2, 0) is 9.59 Å². The Morgan fingerprint density at radius 3 is 2.76 bits per heavy atom. The van der Waals surface area contributed by atoms with Crippen LogP contribution in [0.5, 0.6) is 5.75 Å². The number of likely N-dealkylation sites (tertiary alicyclic amines) is 1. The number of carbonyl (C=O) groups excluding carboxylic acids is 2. The second-order valence-corrected chi connectivity index (χ2v) is 8.08. The number of nitrogens with one attached hydrogen (secondary N) is 1. The molecular weight excluding hydrogens is 316 g/mol. The molecule has 3 rings (SSSR count). The van der Waals surface area contributed by atoms with Crippen molar-refractivity contribution in [3.8, 4) is 5.75 Å². The predicted molar refractivity (Wildman–Crippen MR) is 96.1 cm³/mol. The second-order valence-electron chi connectivity index (χ2n) is 8.08. The van der Waals surface area contributed by atoms with Crippen LogP contribution in [0.25, 0.3) is 0 Å². The standard InChI is InChI=1S/C20H26N2O3/c1-6-11-22-18(24)16(17(23)21-19(2,3)4)14-12-20(22,5)25-15-10-8-7-9-13(14)15/h6-10,14,16H,1,11-12H2,2-5H3,(H,21,23)/t14-,16?,20+/m0/s1. The van der Waals surface area contributed by atoms with E-state index in [-0.39, 0.29) is 17.7 Å². The van der Waals surface area contributed by atoms with Gasteiger partial charge < -0.3 is 15.0 Å². The van der Waals surface area contributed by atoms with Gasteiger partial charge in [0.15, 0.2) is 5.72 Å². The van der Waals surface area contributed by atoms with Crippen molar-refractivity contribution < 1.29 is 14.3 Å². The number of carbonyl (C=O) groups is 2. The summed E-state index contributed by atoms with van der Waals surface area (Å²) in [7, 11) is 0. The van der Waals surface area contributed by atoms with Gasteiger partial charge in [0.1, 0.15) is 11.7 Å². The molecule has 1 unspecified atom stereocenters. The summed E-state index contributed by atoms with van der Waals surface area (Å²) in [4.78, 5) is 27.8. The van der Waals surface area contributed by atoms with Gasteiger partial charge in [0.25, 0.3) is 0 Å². The van der Waals surface area contributed by atoms with Crippen molar-refractivity contribution in [1.29, 1.82) is 0 Å². The molecule has 0 aromatic heterocycles. The summed E-state index contributed by atoms with van der Waals surface area (Å²) in [6, 6.07) is 7.69. The highest BCUT2D eigenvalue weighted by atomic mass is 16.5. The molecule has 2 amide bonds. The Morgan fingerprint density at radius 2 is 2.12 bits per heavy atom. The van der Waals surface area contributed by atoms with Crippen molar-refractivity contribution in [1.82, 2.24) is 10.2 Å². The third-order valence-corrected chi connectivity index (χ3v) is 4.84. The van der Waals surface area contributed by atoms with E-state index in [4.69, 9.17) is 4.74 Å². The number of amides is 2. The van der Waals surface area contributed by atoms with Crippen LogP contribution in [-0.4, -0.2) is 34.5 Å². The van der Waals surface area contributed by atoms with E-state index in [1.54, 1.807) is 11.0 Å². The first-order valence-electron chi connectivity index (χ1n) is 8.68. The Labute approximate surface area is 149 Å². The maximum absolute atomic E-state index is 13.2. The minimum absolute atomic E-state index is 0.189. The summed E-state index contributed by atoms with van der Waals surface area (Å²) in [5.74, 6) is -0.621.